The maximum atomic E-state index is 11.6. The van der Waals surface area contributed by atoms with Crippen LogP contribution < -0.4 is 5.32 Å². The summed E-state index contributed by atoms with van der Waals surface area (Å²) < 4.78 is 5.46. The largest absolute Gasteiger partial charge is 0.464 e. The van der Waals surface area contributed by atoms with Crippen LogP contribution in [-0.4, -0.2) is 12.3 Å². The second-order valence-corrected chi connectivity index (χ2v) is 3.64. The molecule has 1 aliphatic rings. The van der Waals surface area contributed by atoms with Gasteiger partial charge in [0.2, 0.25) is 0 Å². The Hall–Kier alpha value is -1.09. The molecule has 3 heteroatoms. The molecule has 1 aromatic rings. The van der Waals surface area contributed by atoms with Crippen LogP contribution in [0.4, 0.5) is 0 Å². The number of rotatable bonds is 1. The third-order valence-corrected chi connectivity index (χ3v) is 2.62. The van der Waals surface area contributed by atoms with E-state index < -0.39 is 5.54 Å². The zero-order valence-electron chi connectivity index (χ0n) is 7.89. The van der Waals surface area contributed by atoms with Gasteiger partial charge in [-0.3, -0.25) is 10.1 Å². The predicted molar refractivity (Wildman–Crippen MR) is 48.4 cm³/mol. The van der Waals surface area contributed by atoms with Crippen molar-refractivity contribution in [1.82, 2.24) is 5.32 Å². The van der Waals surface area contributed by atoms with E-state index in [0.29, 0.717) is 6.42 Å². The van der Waals surface area contributed by atoms with Gasteiger partial charge in [0, 0.05) is 13.0 Å². The average molecular weight is 179 g/mol. The second-order valence-electron chi connectivity index (χ2n) is 3.64. The molecule has 1 unspecified atom stereocenters. The van der Waals surface area contributed by atoms with Crippen molar-refractivity contribution in [2.45, 2.75) is 25.8 Å². The van der Waals surface area contributed by atoms with Gasteiger partial charge < -0.3 is 4.42 Å². The third-order valence-electron chi connectivity index (χ3n) is 2.62. The highest BCUT2D eigenvalue weighted by atomic mass is 16.3. The highest BCUT2D eigenvalue weighted by molar-refractivity contribution is 5.90. The molecule has 0 amide bonds. The van der Waals surface area contributed by atoms with E-state index in [4.69, 9.17) is 4.42 Å². The number of nitrogens with one attached hydrogen (secondary N) is 1. The molecule has 2 rings (SSSR count). The number of ketones is 1. The van der Waals surface area contributed by atoms with Crippen molar-refractivity contribution in [3.8, 4) is 0 Å². The van der Waals surface area contributed by atoms with Crippen molar-refractivity contribution in [2.24, 2.45) is 0 Å². The lowest BCUT2D eigenvalue weighted by Crippen LogP contribution is -2.38. The van der Waals surface area contributed by atoms with Crippen LogP contribution in [0.3, 0.4) is 0 Å². The Morgan fingerprint density at radius 3 is 2.77 bits per heavy atom. The Morgan fingerprint density at radius 2 is 2.31 bits per heavy atom. The number of furan rings is 1. The van der Waals surface area contributed by atoms with Gasteiger partial charge in [-0.1, -0.05) is 0 Å². The Kier molecular flexibility index (Phi) is 1.77. The monoisotopic (exact) mass is 179 g/mol. The first-order valence-electron chi connectivity index (χ1n) is 4.48. The zero-order chi connectivity index (χ0) is 9.47. The highest BCUT2D eigenvalue weighted by Crippen LogP contribution is 2.28. The fourth-order valence-electron chi connectivity index (χ4n) is 1.70. The summed E-state index contributed by atoms with van der Waals surface area (Å²) >= 11 is 0. The summed E-state index contributed by atoms with van der Waals surface area (Å²) in [4.78, 5) is 11.6. The fraction of sp³-hybridized carbons (Fsp3) is 0.500. The van der Waals surface area contributed by atoms with Crippen LogP contribution in [0.15, 0.2) is 16.5 Å². The molecule has 1 aliphatic heterocycles. The number of hydrogen-bond donors (Lipinski definition) is 1. The lowest BCUT2D eigenvalue weighted by molar-refractivity contribution is -0.122. The molecule has 0 bridgehead atoms. The molecule has 0 saturated carbocycles. The molecule has 1 N–H and O–H groups in total. The van der Waals surface area contributed by atoms with E-state index in [1.54, 1.807) is 0 Å². The van der Waals surface area contributed by atoms with E-state index in [2.05, 4.69) is 5.32 Å². The topological polar surface area (TPSA) is 42.2 Å². The third kappa shape index (κ3) is 1.20. The Morgan fingerprint density at radius 1 is 1.54 bits per heavy atom. The first-order valence-corrected chi connectivity index (χ1v) is 4.48. The van der Waals surface area contributed by atoms with Gasteiger partial charge in [0.25, 0.3) is 0 Å². The van der Waals surface area contributed by atoms with Gasteiger partial charge in [-0.05, 0) is 26.0 Å². The Bertz CT molecular complexity index is 342. The smallest absolute Gasteiger partial charge is 0.161 e. The first-order chi connectivity index (χ1) is 6.13. The van der Waals surface area contributed by atoms with Crippen LogP contribution >= 0.6 is 0 Å². The van der Waals surface area contributed by atoms with Crippen molar-refractivity contribution in [3.63, 3.8) is 0 Å². The molecule has 1 aromatic heterocycles. The van der Waals surface area contributed by atoms with Crippen LogP contribution in [0, 0.1) is 6.92 Å². The molecule has 1 atom stereocenters. The van der Waals surface area contributed by atoms with Gasteiger partial charge in [0.15, 0.2) is 5.78 Å². The van der Waals surface area contributed by atoms with E-state index in [-0.39, 0.29) is 5.78 Å². The SMILES string of the molecule is Cc1ccc(C2(C)NCCC2=O)o1. The van der Waals surface area contributed by atoms with Gasteiger partial charge in [-0.25, -0.2) is 0 Å². The average Bonchev–Trinajstić information content (AvgIpc) is 2.62. The van der Waals surface area contributed by atoms with Crippen LogP contribution in [-0.2, 0) is 10.3 Å². The second kappa shape index (κ2) is 2.70. The number of carbonyl (C=O) groups is 1. The molecule has 0 spiro atoms. The van der Waals surface area contributed by atoms with Crippen molar-refractivity contribution < 1.29 is 9.21 Å². The lowest BCUT2D eigenvalue weighted by atomic mass is 9.96. The van der Waals surface area contributed by atoms with Gasteiger partial charge >= 0.3 is 0 Å². The summed E-state index contributed by atoms with van der Waals surface area (Å²) in [6, 6.07) is 3.75. The molecular formula is C10H13NO2. The first kappa shape index (κ1) is 8.51. The van der Waals surface area contributed by atoms with Crippen LogP contribution in [0.5, 0.6) is 0 Å². The van der Waals surface area contributed by atoms with Crippen molar-refractivity contribution in [2.75, 3.05) is 6.54 Å². The molecule has 13 heavy (non-hydrogen) atoms. The van der Waals surface area contributed by atoms with Gasteiger partial charge in [0.05, 0.1) is 0 Å². The molecule has 70 valence electrons. The van der Waals surface area contributed by atoms with Crippen LogP contribution in [0.1, 0.15) is 24.9 Å². The van der Waals surface area contributed by atoms with E-state index in [9.17, 15) is 4.79 Å². The molecular weight excluding hydrogens is 166 g/mol. The normalized spacial score (nSPS) is 28.3. The summed E-state index contributed by atoms with van der Waals surface area (Å²) in [6.45, 7) is 4.50. The molecule has 0 aliphatic carbocycles. The van der Waals surface area contributed by atoms with Crippen molar-refractivity contribution >= 4 is 5.78 Å². The Balaban J connectivity index is 2.39. The predicted octanol–water partition coefficient (Wildman–Crippen LogP) is 1.37. The molecule has 0 aromatic carbocycles. The molecule has 0 radical (unpaired) electrons. The van der Waals surface area contributed by atoms with E-state index >= 15 is 0 Å². The van der Waals surface area contributed by atoms with E-state index in [1.165, 1.54) is 0 Å². The molecule has 3 nitrogen and oxygen atoms in total. The summed E-state index contributed by atoms with van der Waals surface area (Å²) in [5.41, 5.74) is -0.589. The maximum absolute atomic E-state index is 11.6. The van der Waals surface area contributed by atoms with E-state index in [0.717, 1.165) is 18.1 Å². The van der Waals surface area contributed by atoms with E-state index in [1.807, 2.05) is 26.0 Å². The lowest BCUT2D eigenvalue weighted by Gasteiger charge is -2.19. The summed E-state index contributed by atoms with van der Waals surface area (Å²) in [5.74, 6) is 1.78. The summed E-state index contributed by atoms with van der Waals surface area (Å²) in [7, 11) is 0. The molecule has 1 saturated heterocycles. The minimum atomic E-state index is -0.589. The fourth-order valence-corrected chi connectivity index (χ4v) is 1.70. The summed E-state index contributed by atoms with van der Waals surface area (Å²) in [6.07, 6.45) is 0.593. The number of hydrogen-bond acceptors (Lipinski definition) is 3. The zero-order valence-corrected chi connectivity index (χ0v) is 7.89. The minimum Gasteiger partial charge on any atom is -0.464 e. The minimum absolute atomic E-state index is 0.210. The number of carbonyl (C=O) groups excluding carboxylic acids is 1. The highest BCUT2D eigenvalue weighted by Gasteiger charge is 2.41. The van der Waals surface area contributed by atoms with Gasteiger partial charge in [0.1, 0.15) is 17.1 Å². The van der Waals surface area contributed by atoms with Crippen molar-refractivity contribution in [3.05, 3.63) is 23.7 Å². The number of Topliss-reactive ketones (excluding diaryl/α,β-unsaturated/α-hetero) is 1. The summed E-state index contributed by atoms with van der Waals surface area (Å²) in [5, 5.41) is 3.17. The van der Waals surface area contributed by atoms with Crippen molar-refractivity contribution in [1.29, 1.82) is 0 Å². The quantitative estimate of drug-likeness (QED) is 0.708. The Labute approximate surface area is 77.1 Å². The maximum Gasteiger partial charge on any atom is 0.161 e. The molecule has 2 heterocycles. The van der Waals surface area contributed by atoms with Crippen LogP contribution in [0.25, 0.3) is 0 Å². The molecule has 1 fully saturated rings. The number of aryl methyl sites for hydroxylation is 1. The van der Waals surface area contributed by atoms with Crippen LogP contribution in [0.2, 0.25) is 0 Å². The standard InChI is InChI=1S/C10H13NO2/c1-7-3-4-9(13-7)10(2)8(12)5-6-11-10/h3-4,11H,5-6H2,1-2H3. The van der Waals surface area contributed by atoms with Gasteiger partial charge in [-0.15, -0.1) is 0 Å². The van der Waals surface area contributed by atoms with Gasteiger partial charge in [-0.2, -0.15) is 0 Å².